The van der Waals surface area contributed by atoms with Gasteiger partial charge in [-0.05, 0) is 36.8 Å². The molecule has 2 aromatic rings. The molecule has 1 aromatic heterocycles. The lowest BCUT2D eigenvalue weighted by Gasteiger charge is -2.10. The molecule has 96 valence electrons. The van der Waals surface area contributed by atoms with Crippen molar-refractivity contribution in [1.82, 2.24) is 5.32 Å². The second-order valence-electron chi connectivity index (χ2n) is 4.75. The summed E-state index contributed by atoms with van der Waals surface area (Å²) in [4.78, 5) is 2.47. The summed E-state index contributed by atoms with van der Waals surface area (Å²) in [5.74, 6) is -0.139. The van der Waals surface area contributed by atoms with Gasteiger partial charge in [0.05, 0.1) is 0 Å². The van der Waals surface area contributed by atoms with Crippen LogP contribution in [0.2, 0.25) is 0 Å². The van der Waals surface area contributed by atoms with Crippen molar-refractivity contribution in [1.29, 1.82) is 0 Å². The van der Waals surface area contributed by atoms with Gasteiger partial charge < -0.3 is 5.32 Å². The monoisotopic (exact) mass is 263 g/mol. The molecule has 0 aliphatic carbocycles. The van der Waals surface area contributed by atoms with E-state index in [1.165, 1.54) is 9.75 Å². The highest BCUT2D eigenvalue weighted by molar-refractivity contribution is 7.15. The minimum atomic E-state index is -0.139. The molecule has 0 saturated carbocycles. The topological polar surface area (TPSA) is 12.0 Å². The Kier molecular flexibility index (Phi) is 4.15. The predicted molar refractivity (Wildman–Crippen MR) is 76.4 cm³/mol. The molecule has 0 atom stereocenters. The fraction of sp³-hybridized carbons (Fsp3) is 0.333. The molecule has 0 radical (unpaired) electrons. The van der Waals surface area contributed by atoms with Crippen LogP contribution in [0.15, 0.2) is 30.3 Å². The second-order valence-corrected chi connectivity index (χ2v) is 6.04. The van der Waals surface area contributed by atoms with Crippen molar-refractivity contribution in [2.24, 2.45) is 0 Å². The molecule has 2 rings (SSSR count). The normalized spacial score (nSPS) is 11.2. The van der Waals surface area contributed by atoms with Gasteiger partial charge in [0.1, 0.15) is 5.82 Å². The first kappa shape index (κ1) is 13.2. The molecule has 0 aliphatic rings. The molecule has 18 heavy (non-hydrogen) atoms. The molecule has 0 aliphatic heterocycles. The summed E-state index contributed by atoms with van der Waals surface area (Å²) < 4.78 is 13.7. The average Bonchev–Trinajstić information content (AvgIpc) is 2.74. The Bertz CT molecular complexity index is 531. The molecule has 1 N–H and O–H groups in total. The molecule has 1 heterocycles. The van der Waals surface area contributed by atoms with E-state index >= 15 is 0 Å². The van der Waals surface area contributed by atoms with E-state index < -0.39 is 0 Å². The lowest BCUT2D eigenvalue weighted by molar-refractivity contribution is 0.553. The van der Waals surface area contributed by atoms with E-state index in [1.807, 2.05) is 12.1 Å². The van der Waals surface area contributed by atoms with Crippen LogP contribution in [0, 0.1) is 12.7 Å². The standard InChI is InChI=1S/C15H18FNS/c1-10(2)17-9-13-8-12(5-6-14(13)16)15-7-4-11(3)18-15/h4-8,10,17H,9H2,1-3H3. The first-order valence-corrected chi connectivity index (χ1v) is 6.96. The molecule has 0 bridgehead atoms. The van der Waals surface area contributed by atoms with Crippen LogP contribution in [0.4, 0.5) is 4.39 Å². The number of hydrogen-bond acceptors (Lipinski definition) is 2. The summed E-state index contributed by atoms with van der Waals surface area (Å²) in [5.41, 5.74) is 1.82. The zero-order valence-electron chi connectivity index (χ0n) is 11.0. The number of halogens is 1. The molecule has 1 aromatic carbocycles. The lowest BCUT2D eigenvalue weighted by atomic mass is 10.1. The van der Waals surface area contributed by atoms with E-state index in [9.17, 15) is 4.39 Å². The van der Waals surface area contributed by atoms with Gasteiger partial charge in [0.25, 0.3) is 0 Å². The minimum absolute atomic E-state index is 0.139. The van der Waals surface area contributed by atoms with Crippen molar-refractivity contribution >= 4 is 11.3 Å². The van der Waals surface area contributed by atoms with Crippen molar-refractivity contribution in [3.8, 4) is 10.4 Å². The highest BCUT2D eigenvalue weighted by Crippen LogP contribution is 2.28. The smallest absolute Gasteiger partial charge is 0.127 e. The number of hydrogen-bond donors (Lipinski definition) is 1. The summed E-state index contributed by atoms with van der Waals surface area (Å²) in [6.07, 6.45) is 0. The molecule has 3 heteroatoms. The summed E-state index contributed by atoms with van der Waals surface area (Å²) in [6, 6.07) is 9.89. The van der Waals surface area contributed by atoms with E-state index in [-0.39, 0.29) is 5.82 Å². The maximum absolute atomic E-state index is 13.7. The predicted octanol–water partition coefficient (Wildman–Crippen LogP) is 4.36. The molecule has 0 saturated heterocycles. The quantitative estimate of drug-likeness (QED) is 0.864. The van der Waals surface area contributed by atoms with Crippen LogP contribution in [-0.2, 0) is 6.54 Å². The van der Waals surface area contributed by atoms with Gasteiger partial charge in [-0.25, -0.2) is 4.39 Å². The summed E-state index contributed by atoms with van der Waals surface area (Å²) in [5, 5.41) is 3.25. The third-order valence-corrected chi connectivity index (χ3v) is 3.82. The van der Waals surface area contributed by atoms with Crippen LogP contribution in [0.5, 0.6) is 0 Å². The van der Waals surface area contributed by atoms with Crippen molar-refractivity contribution in [2.45, 2.75) is 33.4 Å². The van der Waals surface area contributed by atoms with E-state index in [0.717, 1.165) is 11.1 Å². The van der Waals surface area contributed by atoms with Gasteiger partial charge in [-0.2, -0.15) is 0 Å². The highest BCUT2D eigenvalue weighted by Gasteiger charge is 2.07. The van der Waals surface area contributed by atoms with Gasteiger partial charge in [0.2, 0.25) is 0 Å². The molecule has 0 amide bonds. The van der Waals surface area contributed by atoms with Crippen LogP contribution >= 0.6 is 11.3 Å². The number of thiophene rings is 1. The third kappa shape index (κ3) is 3.18. The Morgan fingerprint density at radius 3 is 2.61 bits per heavy atom. The van der Waals surface area contributed by atoms with E-state index in [4.69, 9.17) is 0 Å². The van der Waals surface area contributed by atoms with E-state index in [1.54, 1.807) is 17.4 Å². The Balaban J connectivity index is 2.25. The van der Waals surface area contributed by atoms with Crippen LogP contribution < -0.4 is 5.32 Å². The highest BCUT2D eigenvalue weighted by atomic mass is 32.1. The van der Waals surface area contributed by atoms with Gasteiger partial charge >= 0.3 is 0 Å². The zero-order valence-corrected chi connectivity index (χ0v) is 11.8. The summed E-state index contributed by atoms with van der Waals surface area (Å²) in [7, 11) is 0. The van der Waals surface area contributed by atoms with Gasteiger partial charge in [0, 0.05) is 27.9 Å². The molecular weight excluding hydrogens is 245 g/mol. The first-order valence-electron chi connectivity index (χ1n) is 6.15. The van der Waals surface area contributed by atoms with Crippen molar-refractivity contribution < 1.29 is 4.39 Å². The van der Waals surface area contributed by atoms with Crippen LogP contribution in [0.25, 0.3) is 10.4 Å². The summed E-state index contributed by atoms with van der Waals surface area (Å²) in [6.45, 7) is 6.77. The van der Waals surface area contributed by atoms with E-state index in [2.05, 4.69) is 38.2 Å². The lowest BCUT2D eigenvalue weighted by Crippen LogP contribution is -2.22. The average molecular weight is 263 g/mol. The number of aryl methyl sites for hydroxylation is 1. The largest absolute Gasteiger partial charge is 0.310 e. The van der Waals surface area contributed by atoms with Gasteiger partial charge in [-0.3, -0.25) is 0 Å². The SMILES string of the molecule is Cc1ccc(-c2ccc(F)c(CNC(C)C)c2)s1. The Morgan fingerprint density at radius 1 is 1.22 bits per heavy atom. The molecule has 0 unspecified atom stereocenters. The zero-order chi connectivity index (χ0) is 13.1. The maximum atomic E-state index is 13.7. The van der Waals surface area contributed by atoms with Gasteiger partial charge in [-0.1, -0.05) is 19.9 Å². The van der Waals surface area contributed by atoms with Gasteiger partial charge in [0.15, 0.2) is 0 Å². The third-order valence-electron chi connectivity index (χ3n) is 2.77. The van der Waals surface area contributed by atoms with Crippen molar-refractivity contribution in [2.75, 3.05) is 0 Å². The van der Waals surface area contributed by atoms with Gasteiger partial charge in [-0.15, -0.1) is 11.3 Å². The van der Waals surface area contributed by atoms with Crippen LogP contribution in [-0.4, -0.2) is 6.04 Å². The Labute approximate surface area is 112 Å². The fourth-order valence-corrected chi connectivity index (χ4v) is 2.63. The Morgan fingerprint density at radius 2 is 2.00 bits per heavy atom. The molecule has 1 nitrogen and oxygen atoms in total. The first-order chi connectivity index (χ1) is 8.56. The van der Waals surface area contributed by atoms with Crippen LogP contribution in [0.3, 0.4) is 0 Å². The Hall–Kier alpha value is -1.19. The second kappa shape index (κ2) is 5.63. The minimum Gasteiger partial charge on any atom is -0.310 e. The molecule has 0 fully saturated rings. The fourth-order valence-electron chi connectivity index (χ4n) is 1.77. The van der Waals surface area contributed by atoms with Crippen molar-refractivity contribution in [3.63, 3.8) is 0 Å². The number of nitrogens with one attached hydrogen (secondary N) is 1. The maximum Gasteiger partial charge on any atom is 0.127 e. The molecule has 0 spiro atoms. The van der Waals surface area contributed by atoms with E-state index in [0.29, 0.717) is 12.6 Å². The van der Waals surface area contributed by atoms with Crippen LogP contribution in [0.1, 0.15) is 24.3 Å². The molecular formula is C15H18FNS. The number of rotatable bonds is 4. The number of benzene rings is 1. The van der Waals surface area contributed by atoms with Crippen molar-refractivity contribution in [3.05, 3.63) is 46.6 Å². The summed E-state index contributed by atoms with van der Waals surface area (Å²) >= 11 is 1.74.